The first kappa shape index (κ1) is 14.2. The van der Waals surface area contributed by atoms with E-state index in [1.807, 2.05) is 0 Å². The number of hydrogen-bond acceptors (Lipinski definition) is 3. The lowest BCUT2D eigenvalue weighted by Gasteiger charge is -2.36. The second-order valence-corrected chi connectivity index (χ2v) is 10.7. The Labute approximate surface area is 104 Å². The highest BCUT2D eigenvalue weighted by atomic mass is 28.4. The van der Waals surface area contributed by atoms with Gasteiger partial charge < -0.3 is 9.33 Å². The molecule has 1 fully saturated rings. The van der Waals surface area contributed by atoms with Gasteiger partial charge in [-0.15, -0.1) is 0 Å². The number of nitrogens with zero attached hydrogens (tertiary/aromatic N) is 1. The van der Waals surface area contributed by atoms with Gasteiger partial charge in [-0.1, -0.05) is 20.8 Å². The first-order valence-electron chi connectivity index (χ1n) is 5.86. The average molecular weight is 258 g/mol. The summed E-state index contributed by atoms with van der Waals surface area (Å²) in [6.07, 6.45) is 0. The summed E-state index contributed by atoms with van der Waals surface area (Å²) in [4.78, 5) is 23.7. The maximum absolute atomic E-state index is 11.3. The van der Waals surface area contributed by atoms with Crippen molar-refractivity contribution in [3.8, 4) is 0 Å². The number of rotatable bonds is 4. The minimum Gasteiger partial charge on any atom is -0.415 e. The van der Waals surface area contributed by atoms with Crippen LogP contribution in [0.4, 0.5) is 4.79 Å². The lowest BCUT2D eigenvalue weighted by atomic mass is 10.2. The fraction of sp³-hybridized carbons (Fsp3) is 0.818. The maximum Gasteiger partial charge on any atom is 0.324 e. The van der Waals surface area contributed by atoms with E-state index in [2.05, 4.69) is 39.2 Å². The van der Waals surface area contributed by atoms with Gasteiger partial charge >= 0.3 is 6.03 Å². The van der Waals surface area contributed by atoms with Gasteiger partial charge in [0.2, 0.25) is 5.91 Å². The van der Waals surface area contributed by atoms with E-state index in [1.165, 1.54) is 4.90 Å². The molecule has 0 aromatic rings. The van der Waals surface area contributed by atoms with Crippen molar-refractivity contribution in [3.63, 3.8) is 0 Å². The number of hydrogen-bond donors (Lipinski definition) is 1. The van der Waals surface area contributed by atoms with E-state index in [0.717, 1.165) is 0 Å². The third-order valence-corrected chi connectivity index (χ3v) is 8.04. The van der Waals surface area contributed by atoms with Crippen LogP contribution in [0.25, 0.3) is 0 Å². The molecule has 1 rings (SSSR count). The van der Waals surface area contributed by atoms with Gasteiger partial charge in [-0.25, -0.2) is 4.79 Å². The first-order chi connectivity index (χ1) is 7.63. The minimum atomic E-state index is -1.76. The third-order valence-electron chi connectivity index (χ3n) is 3.50. The fourth-order valence-electron chi connectivity index (χ4n) is 1.29. The van der Waals surface area contributed by atoms with Gasteiger partial charge in [0.05, 0.1) is 6.61 Å². The highest BCUT2D eigenvalue weighted by Gasteiger charge is 2.37. The molecule has 5 nitrogen and oxygen atoms in total. The largest absolute Gasteiger partial charge is 0.415 e. The van der Waals surface area contributed by atoms with Gasteiger partial charge in [-0.2, -0.15) is 0 Å². The smallest absolute Gasteiger partial charge is 0.324 e. The van der Waals surface area contributed by atoms with Crippen LogP contribution in [-0.2, 0) is 9.22 Å². The number of urea groups is 1. The maximum atomic E-state index is 11.3. The Morgan fingerprint density at radius 3 is 2.35 bits per heavy atom. The molecule has 0 bridgehead atoms. The molecular weight excluding hydrogens is 236 g/mol. The second-order valence-electron chi connectivity index (χ2n) is 5.88. The highest BCUT2D eigenvalue weighted by Crippen LogP contribution is 2.36. The van der Waals surface area contributed by atoms with Crippen LogP contribution in [0.3, 0.4) is 0 Å². The molecule has 0 spiro atoms. The summed E-state index contributed by atoms with van der Waals surface area (Å²) in [5, 5.41) is 2.41. The van der Waals surface area contributed by atoms with Gasteiger partial charge in [-0.3, -0.25) is 10.1 Å². The first-order valence-corrected chi connectivity index (χ1v) is 8.77. The zero-order valence-corrected chi connectivity index (χ0v) is 12.3. The van der Waals surface area contributed by atoms with Gasteiger partial charge in [0, 0.05) is 6.54 Å². The molecule has 0 radical (unpaired) electrons. The minimum absolute atomic E-state index is 0.152. The number of carbonyl (C=O) groups excluding carboxylic acids is 2. The Bertz CT molecular complexity index is 323. The lowest BCUT2D eigenvalue weighted by molar-refractivity contribution is -0.118. The van der Waals surface area contributed by atoms with Gasteiger partial charge in [0.25, 0.3) is 0 Å². The van der Waals surface area contributed by atoms with Crippen LogP contribution in [-0.4, -0.2) is 44.9 Å². The number of carbonyl (C=O) groups is 2. The van der Waals surface area contributed by atoms with Crippen LogP contribution in [0.5, 0.6) is 0 Å². The molecule has 1 saturated heterocycles. The zero-order chi connectivity index (χ0) is 13.3. The van der Waals surface area contributed by atoms with Crippen LogP contribution in [0.15, 0.2) is 0 Å². The van der Waals surface area contributed by atoms with Crippen molar-refractivity contribution in [2.45, 2.75) is 38.9 Å². The third kappa shape index (κ3) is 3.54. The predicted molar refractivity (Wildman–Crippen MR) is 68.3 cm³/mol. The van der Waals surface area contributed by atoms with Gasteiger partial charge in [0.1, 0.15) is 6.54 Å². The normalized spacial score (nSPS) is 17.6. The molecule has 1 aliphatic rings. The molecule has 0 aliphatic carbocycles. The topological polar surface area (TPSA) is 58.6 Å². The van der Waals surface area contributed by atoms with E-state index < -0.39 is 8.32 Å². The number of amides is 3. The summed E-state index contributed by atoms with van der Waals surface area (Å²) in [6, 6.07) is -0.311. The van der Waals surface area contributed by atoms with Gasteiger partial charge in [-0.05, 0) is 18.1 Å². The molecule has 1 heterocycles. The molecule has 1 aliphatic heterocycles. The summed E-state index contributed by atoms with van der Waals surface area (Å²) in [6.45, 7) is 12.0. The van der Waals surface area contributed by atoms with Crippen molar-refractivity contribution in [2.75, 3.05) is 19.7 Å². The SMILES string of the molecule is CC(C)(C)[Si](C)(C)OCCN1CC(=O)NC1=O. The van der Waals surface area contributed by atoms with E-state index in [0.29, 0.717) is 13.2 Å². The van der Waals surface area contributed by atoms with E-state index in [1.54, 1.807) is 0 Å². The standard InChI is InChI=1S/C11H22N2O3Si/c1-11(2,3)17(4,5)16-7-6-13-8-9(14)12-10(13)15/h6-8H2,1-5H3,(H,12,14,15). The molecule has 1 N–H and O–H groups in total. The van der Waals surface area contributed by atoms with Gasteiger partial charge in [0.15, 0.2) is 8.32 Å². The second kappa shape index (κ2) is 4.78. The van der Waals surface area contributed by atoms with Crippen molar-refractivity contribution in [2.24, 2.45) is 0 Å². The molecule has 0 saturated carbocycles. The highest BCUT2D eigenvalue weighted by molar-refractivity contribution is 6.74. The molecule has 17 heavy (non-hydrogen) atoms. The van der Waals surface area contributed by atoms with Crippen LogP contribution in [0, 0.1) is 0 Å². The van der Waals surface area contributed by atoms with E-state index >= 15 is 0 Å². The van der Waals surface area contributed by atoms with Crippen LogP contribution < -0.4 is 5.32 Å². The Morgan fingerprint density at radius 1 is 1.35 bits per heavy atom. The number of nitrogens with one attached hydrogen (secondary N) is 1. The Hall–Kier alpha value is -0.883. The molecule has 0 unspecified atom stereocenters. The van der Waals surface area contributed by atoms with Crippen molar-refractivity contribution in [1.29, 1.82) is 0 Å². The van der Waals surface area contributed by atoms with Crippen molar-refractivity contribution in [1.82, 2.24) is 10.2 Å². The van der Waals surface area contributed by atoms with Crippen molar-refractivity contribution < 1.29 is 14.0 Å². The van der Waals surface area contributed by atoms with Crippen LogP contribution in [0.2, 0.25) is 18.1 Å². The quantitative estimate of drug-likeness (QED) is 0.615. The average Bonchev–Trinajstić information content (AvgIpc) is 2.43. The molecule has 3 amide bonds. The lowest BCUT2D eigenvalue weighted by Crippen LogP contribution is -2.43. The molecule has 0 atom stereocenters. The zero-order valence-electron chi connectivity index (χ0n) is 11.3. The fourth-order valence-corrected chi connectivity index (χ4v) is 2.33. The summed E-state index contributed by atoms with van der Waals surface area (Å²) >= 11 is 0. The molecule has 0 aromatic carbocycles. The Kier molecular flexibility index (Phi) is 3.98. The van der Waals surface area contributed by atoms with E-state index in [-0.39, 0.29) is 23.5 Å². The van der Waals surface area contributed by atoms with E-state index in [4.69, 9.17) is 4.43 Å². The molecule has 0 aromatic heterocycles. The monoisotopic (exact) mass is 258 g/mol. The summed E-state index contributed by atoms with van der Waals surface area (Å²) in [7, 11) is -1.76. The van der Waals surface area contributed by atoms with Crippen LogP contribution >= 0.6 is 0 Å². The summed E-state index contributed by atoms with van der Waals surface area (Å²) in [5.41, 5.74) is 0. The van der Waals surface area contributed by atoms with E-state index in [9.17, 15) is 9.59 Å². The number of imide groups is 1. The Balaban J connectivity index is 2.38. The van der Waals surface area contributed by atoms with Crippen LogP contribution in [0.1, 0.15) is 20.8 Å². The molecular formula is C11H22N2O3Si. The summed E-state index contributed by atoms with van der Waals surface area (Å²) in [5.74, 6) is -0.234. The van der Waals surface area contributed by atoms with Crippen molar-refractivity contribution in [3.05, 3.63) is 0 Å². The molecule has 98 valence electrons. The predicted octanol–water partition coefficient (Wildman–Crippen LogP) is 1.56. The summed E-state index contributed by atoms with van der Waals surface area (Å²) < 4.78 is 5.95. The van der Waals surface area contributed by atoms with Crippen molar-refractivity contribution >= 4 is 20.3 Å². The Morgan fingerprint density at radius 2 is 1.94 bits per heavy atom. The molecule has 6 heteroatoms.